The van der Waals surface area contributed by atoms with Crippen LogP contribution in [0.15, 0.2) is 82.2 Å². The minimum Gasteiger partial charge on any atom is -0.415 e. The second-order valence-electron chi connectivity index (χ2n) is 6.94. The van der Waals surface area contributed by atoms with Gasteiger partial charge in [-0.2, -0.15) is 0 Å². The lowest BCUT2D eigenvalue weighted by Gasteiger charge is -2.14. The van der Waals surface area contributed by atoms with E-state index in [1.807, 2.05) is 49.5 Å². The van der Waals surface area contributed by atoms with Crippen LogP contribution in [-0.4, -0.2) is 50.3 Å². The number of aldehydes is 1. The zero-order chi connectivity index (χ0) is 24.4. The Morgan fingerprint density at radius 3 is 2.47 bits per heavy atom. The first-order valence-electron chi connectivity index (χ1n) is 10.3. The molecule has 4 rings (SSSR count). The number of aromatic nitrogens is 3. The van der Waals surface area contributed by atoms with Crippen molar-refractivity contribution in [2.45, 2.75) is 11.3 Å². The summed E-state index contributed by atoms with van der Waals surface area (Å²) in [4.78, 5) is 14.0. The molecular weight excluding hydrogens is 454 g/mol. The van der Waals surface area contributed by atoms with Gasteiger partial charge in [-0.15, -0.1) is 10.2 Å². The van der Waals surface area contributed by atoms with Crippen LogP contribution in [0.4, 0.5) is 11.4 Å². The molecule has 2 heterocycles. The van der Waals surface area contributed by atoms with Gasteiger partial charge in [-0.05, 0) is 54.4 Å². The molecule has 2 aromatic heterocycles. The fourth-order valence-electron chi connectivity index (χ4n) is 2.81. The van der Waals surface area contributed by atoms with Crippen LogP contribution in [0.25, 0.3) is 23.0 Å². The summed E-state index contributed by atoms with van der Waals surface area (Å²) in [6.45, 7) is -0.0243. The number of nitrogens with one attached hydrogen (secondary N) is 2. The van der Waals surface area contributed by atoms with Gasteiger partial charge in [0.1, 0.15) is 12.0 Å². The Hall–Kier alpha value is -4.02. The second kappa shape index (κ2) is 11.7. The zero-order valence-corrected chi connectivity index (χ0v) is 19.4. The molecule has 3 N–H and O–H groups in total. The van der Waals surface area contributed by atoms with E-state index in [9.17, 15) is 9.00 Å². The Morgan fingerprint density at radius 1 is 1.03 bits per heavy atom. The highest BCUT2D eigenvalue weighted by Gasteiger charge is 2.14. The van der Waals surface area contributed by atoms with Gasteiger partial charge in [-0.1, -0.05) is 18.2 Å². The monoisotopic (exact) mass is 479 g/mol. The molecule has 34 heavy (non-hydrogen) atoms. The Kier molecular flexibility index (Phi) is 8.49. The first-order valence-corrected chi connectivity index (χ1v) is 12.0. The van der Waals surface area contributed by atoms with Crippen LogP contribution in [0.3, 0.4) is 0 Å². The molecule has 0 radical (unpaired) electrons. The number of rotatable bonds is 8. The van der Waals surface area contributed by atoms with Gasteiger partial charge in [-0.3, -0.25) is 4.98 Å². The van der Waals surface area contributed by atoms with Crippen LogP contribution < -0.4 is 10.0 Å². The Bertz CT molecular complexity index is 1320. The zero-order valence-electron chi connectivity index (χ0n) is 18.5. The predicted molar refractivity (Wildman–Crippen MR) is 134 cm³/mol. The van der Waals surface area contributed by atoms with Crippen molar-refractivity contribution >= 4 is 33.2 Å². The Balaban J connectivity index is 0.000000588. The molecule has 4 aromatic rings. The van der Waals surface area contributed by atoms with Crippen molar-refractivity contribution in [2.75, 3.05) is 23.7 Å². The molecule has 0 saturated heterocycles. The van der Waals surface area contributed by atoms with E-state index in [1.165, 1.54) is 0 Å². The molecule has 0 aliphatic rings. The van der Waals surface area contributed by atoms with E-state index in [4.69, 9.17) is 9.52 Å². The van der Waals surface area contributed by atoms with Gasteiger partial charge in [0.15, 0.2) is 0 Å². The minimum atomic E-state index is -2.79. The first-order chi connectivity index (χ1) is 16.5. The lowest BCUT2D eigenvalue weighted by atomic mass is 10.2. The molecule has 0 aliphatic carbocycles. The molecule has 0 amide bonds. The van der Waals surface area contributed by atoms with E-state index in [2.05, 4.69) is 31.1 Å². The highest BCUT2D eigenvalue weighted by atomic mass is 32.2. The van der Waals surface area contributed by atoms with Crippen molar-refractivity contribution in [1.82, 2.24) is 15.2 Å². The number of pyridine rings is 1. The maximum atomic E-state index is 13.2. The van der Waals surface area contributed by atoms with Crippen molar-refractivity contribution in [2.24, 2.45) is 0 Å². The van der Waals surface area contributed by atoms with Gasteiger partial charge in [0, 0.05) is 43.2 Å². The Labute approximate surface area is 198 Å². The van der Waals surface area contributed by atoms with Crippen molar-refractivity contribution in [3.8, 4) is 23.0 Å². The number of benzene rings is 2. The van der Waals surface area contributed by atoms with Crippen molar-refractivity contribution < 1.29 is 18.5 Å². The van der Waals surface area contributed by atoms with Crippen LogP contribution in [-0.2, 0) is 14.5 Å². The van der Waals surface area contributed by atoms with Crippen LogP contribution >= 0.6 is 0 Å². The maximum absolute atomic E-state index is 13.2. The molecule has 0 bridgehead atoms. The average Bonchev–Trinajstić information content (AvgIpc) is 3.36. The SMILES string of the molecule is C=S(=O)(Nc1cccc(NC)c1)c1cccc(-c2nnc(-c3ccccn3)o2)c1.O=CCCO. The number of nitrogens with zero attached hydrogens (tertiary/aromatic N) is 3. The van der Waals surface area contributed by atoms with E-state index >= 15 is 0 Å². The predicted octanol–water partition coefficient (Wildman–Crippen LogP) is 3.51. The van der Waals surface area contributed by atoms with Crippen LogP contribution in [0.2, 0.25) is 0 Å². The van der Waals surface area contributed by atoms with Gasteiger partial charge in [0.05, 0.1) is 14.6 Å². The number of hydrogen-bond donors (Lipinski definition) is 3. The number of hydrogen-bond acceptors (Lipinski definition) is 8. The fourth-order valence-corrected chi connectivity index (χ4v) is 4.05. The van der Waals surface area contributed by atoms with Gasteiger partial charge < -0.3 is 24.4 Å². The van der Waals surface area contributed by atoms with Crippen LogP contribution in [0.1, 0.15) is 6.42 Å². The summed E-state index contributed by atoms with van der Waals surface area (Å²) in [7, 11) is -0.967. The molecule has 2 aromatic carbocycles. The molecule has 10 heteroatoms. The van der Waals surface area contributed by atoms with Gasteiger partial charge >= 0.3 is 0 Å². The third-order valence-corrected chi connectivity index (χ3v) is 6.03. The summed E-state index contributed by atoms with van der Waals surface area (Å²) >= 11 is 0. The summed E-state index contributed by atoms with van der Waals surface area (Å²) in [6.07, 6.45) is 2.60. The number of anilines is 2. The Morgan fingerprint density at radius 2 is 1.79 bits per heavy atom. The lowest BCUT2D eigenvalue weighted by molar-refractivity contribution is -0.108. The number of aliphatic hydroxyl groups is 1. The number of carbonyl (C=O) groups excluding carboxylic acids is 1. The molecule has 0 saturated carbocycles. The van der Waals surface area contributed by atoms with E-state index in [-0.39, 0.29) is 13.0 Å². The maximum Gasteiger partial charge on any atom is 0.266 e. The highest BCUT2D eigenvalue weighted by molar-refractivity contribution is 8.01. The number of aliphatic hydroxyl groups excluding tert-OH is 1. The van der Waals surface area contributed by atoms with Crippen molar-refractivity contribution in [3.05, 3.63) is 72.9 Å². The summed E-state index contributed by atoms with van der Waals surface area (Å²) in [5, 5.41) is 19.0. The molecular formula is C24H25N5O4S. The largest absolute Gasteiger partial charge is 0.415 e. The molecule has 0 aliphatic heterocycles. The smallest absolute Gasteiger partial charge is 0.266 e. The van der Waals surface area contributed by atoms with Crippen LogP contribution in [0, 0.1) is 0 Å². The molecule has 0 spiro atoms. The molecule has 1 atom stereocenters. The average molecular weight is 480 g/mol. The molecule has 176 valence electrons. The minimum absolute atomic E-state index is 0.0243. The summed E-state index contributed by atoms with van der Waals surface area (Å²) < 4.78 is 22.0. The fraction of sp³-hybridized carbons (Fsp3) is 0.125. The van der Waals surface area contributed by atoms with E-state index in [0.29, 0.717) is 39.9 Å². The number of carbonyl (C=O) groups is 1. The van der Waals surface area contributed by atoms with E-state index < -0.39 is 9.71 Å². The van der Waals surface area contributed by atoms with E-state index in [1.54, 1.807) is 30.5 Å². The third kappa shape index (κ3) is 6.50. The first kappa shape index (κ1) is 24.6. The van der Waals surface area contributed by atoms with Gasteiger partial charge in [-0.25, -0.2) is 4.21 Å². The summed E-state index contributed by atoms with van der Waals surface area (Å²) in [5.74, 6) is 4.54. The third-order valence-electron chi connectivity index (χ3n) is 4.45. The molecule has 0 fully saturated rings. The standard InChI is InChI=1S/C21H19N5O2S.C3H6O2/c1-22-16-8-6-9-17(14-16)26-29(2,27)18-10-5-7-15(13-18)20-24-25-21(28-20)19-11-3-4-12-23-19;4-2-1-3-5/h3-14,22H,2H2,1H3,(H,26,27);2,5H,1,3H2. The summed E-state index contributed by atoms with van der Waals surface area (Å²) in [6, 6.07) is 20.0. The van der Waals surface area contributed by atoms with E-state index in [0.717, 1.165) is 5.69 Å². The quantitative estimate of drug-likeness (QED) is 0.259. The van der Waals surface area contributed by atoms with Crippen LogP contribution in [0.5, 0.6) is 0 Å². The second-order valence-corrected chi connectivity index (χ2v) is 8.97. The lowest BCUT2D eigenvalue weighted by Crippen LogP contribution is -2.12. The summed E-state index contributed by atoms with van der Waals surface area (Å²) in [5.41, 5.74) is 2.86. The topological polar surface area (TPSA) is 130 Å². The van der Waals surface area contributed by atoms with Gasteiger partial charge in [0.25, 0.3) is 5.89 Å². The molecule has 9 nitrogen and oxygen atoms in total. The van der Waals surface area contributed by atoms with Gasteiger partial charge in [0.2, 0.25) is 5.89 Å². The van der Waals surface area contributed by atoms with Crippen molar-refractivity contribution in [1.29, 1.82) is 0 Å². The highest BCUT2D eigenvalue weighted by Crippen LogP contribution is 2.26. The van der Waals surface area contributed by atoms with Crippen molar-refractivity contribution in [3.63, 3.8) is 0 Å². The normalized spacial score (nSPS) is 12.1. The molecule has 1 unspecified atom stereocenters.